The Balaban J connectivity index is 1.52. The van der Waals surface area contributed by atoms with Crippen LogP contribution in [0.4, 0.5) is 10.7 Å². The first kappa shape index (κ1) is 15.8. The number of thiophene rings is 1. The van der Waals surface area contributed by atoms with Crippen LogP contribution in [0.1, 0.15) is 22.4 Å². The topological polar surface area (TPSA) is 97.6 Å². The smallest absolute Gasteiger partial charge is 0.220 e. The van der Waals surface area contributed by atoms with Crippen LogP contribution in [-0.4, -0.2) is 16.9 Å². The van der Waals surface area contributed by atoms with Crippen molar-refractivity contribution >= 4 is 55.4 Å². The van der Waals surface area contributed by atoms with E-state index in [2.05, 4.69) is 20.9 Å². The van der Waals surface area contributed by atoms with E-state index in [1.807, 2.05) is 17.6 Å². The molecule has 0 bridgehead atoms. The lowest BCUT2D eigenvalue weighted by Crippen LogP contribution is -2.38. The minimum atomic E-state index is -0.204. The SMILES string of the molecule is NC(=O)C1CCc2c(sc3c2CN(c2ccc4ncsc4c2)C(N)=N3)C1. The molecule has 1 aromatic carbocycles. The molecule has 0 saturated carbocycles. The zero-order valence-electron chi connectivity index (χ0n) is 13.9. The van der Waals surface area contributed by atoms with Crippen LogP contribution in [0.15, 0.2) is 28.7 Å². The quantitative estimate of drug-likeness (QED) is 0.711. The normalized spacial score (nSPS) is 19.2. The van der Waals surface area contributed by atoms with E-state index in [-0.39, 0.29) is 11.8 Å². The number of aromatic nitrogens is 1. The van der Waals surface area contributed by atoms with Crippen molar-refractivity contribution in [2.24, 2.45) is 22.4 Å². The molecule has 1 amide bonds. The third-order valence-corrected chi connectivity index (χ3v) is 7.17. The van der Waals surface area contributed by atoms with Crippen molar-refractivity contribution < 1.29 is 4.79 Å². The maximum absolute atomic E-state index is 11.5. The van der Waals surface area contributed by atoms with Crippen molar-refractivity contribution in [3.05, 3.63) is 39.7 Å². The second-order valence-corrected chi connectivity index (χ2v) is 8.66. The van der Waals surface area contributed by atoms with Crippen LogP contribution >= 0.6 is 22.7 Å². The summed E-state index contributed by atoms with van der Waals surface area (Å²) in [6.07, 6.45) is 2.42. The fraction of sp³-hybridized carbons (Fsp3) is 0.278. The summed E-state index contributed by atoms with van der Waals surface area (Å²) in [5, 5.41) is 0.979. The number of fused-ring (bicyclic) bond motifs is 4. The van der Waals surface area contributed by atoms with Crippen molar-refractivity contribution in [3.8, 4) is 0 Å². The fourth-order valence-corrected chi connectivity index (χ4v) is 5.80. The number of guanidine groups is 1. The van der Waals surface area contributed by atoms with E-state index in [0.29, 0.717) is 12.5 Å². The van der Waals surface area contributed by atoms with Crippen molar-refractivity contribution in [3.63, 3.8) is 0 Å². The molecular formula is C18H17N5OS2. The van der Waals surface area contributed by atoms with Crippen LogP contribution in [0, 0.1) is 5.92 Å². The summed E-state index contributed by atoms with van der Waals surface area (Å²) >= 11 is 3.27. The third kappa shape index (κ3) is 2.40. The Labute approximate surface area is 158 Å². The number of amides is 1. The maximum atomic E-state index is 11.5. The van der Waals surface area contributed by atoms with Crippen LogP contribution in [0.3, 0.4) is 0 Å². The lowest BCUT2D eigenvalue weighted by Gasteiger charge is -2.28. The predicted molar refractivity (Wildman–Crippen MR) is 106 cm³/mol. The minimum absolute atomic E-state index is 0.0613. The van der Waals surface area contributed by atoms with Gasteiger partial charge in [-0.25, -0.2) is 9.98 Å². The van der Waals surface area contributed by atoms with Gasteiger partial charge in [0.05, 0.1) is 22.3 Å². The van der Waals surface area contributed by atoms with Crippen LogP contribution in [0.25, 0.3) is 10.2 Å². The average molecular weight is 384 g/mol. The third-order valence-electron chi connectivity index (χ3n) is 5.19. The Hall–Kier alpha value is -2.45. The van der Waals surface area contributed by atoms with Gasteiger partial charge in [0, 0.05) is 22.0 Å². The monoisotopic (exact) mass is 383 g/mol. The molecule has 0 spiro atoms. The highest BCUT2D eigenvalue weighted by Gasteiger charge is 2.31. The molecule has 5 rings (SSSR count). The van der Waals surface area contributed by atoms with E-state index in [1.54, 1.807) is 22.7 Å². The summed E-state index contributed by atoms with van der Waals surface area (Å²) in [5.74, 6) is 0.240. The molecule has 1 unspecified atom stereocenters. The van der Waals surface area contributed by atoms with Gasteiger partial charge in [0.15, 0.2) is 0 Å². The predicted octanol–water partition coefficient (Wildman–Crippen LogP) is 2.91. The standard InChI is InChI=1S/C18H17N5OS2/c19-16(24)9-1-3-11-12-7-23(18(20)22-17(12)26-14(11)5-9)10-2-4-13-15(6-10)25-8-21-13/h2,4,6,8-9H,1,3,5,7H2,(H2,19,24)(H2,20,22). The minimum Gasteiger partial charge on any atom is -0.369 e. The fourth-order valence-electron chi connectivity index (χ4n) is 3.77. The van der Waals surface area contributed by atoms with E-state index >= 15 is 0 Å². The number of carbonyl (C=O) groups excluding carboxylic acids is 1. The van der Waals surface area contributed by atoms with Gasteiger partial charge in [0.1, 0.15) is 5.00 Å². The average Bonchev–Trinajstić information content (AvgIpc) is 3.23. The first-order valence-electron chi connectivity index (χ1n) is 8.48. The highest BCUT2D eigenvalue weighted by atomic mass is 32.1. The highest BCUT2D eigenvalue weighted by molar-refractivity contribution is 7.17. The second-order valence-electron chi connectivity index (χ2n) is 6.69. The molecule has 3 aromatic rings. The number of carbonyl (C=O) groups is 1. The van der Waals surface area contributed by atoms with Gasteiger partial charge >= 0.3 is 0 Å². The van der Waals surface area contributed by atoms with Gasteiger partial charge in [-0.1, -0.05) is 0 Å². The Bertz CT molecular complexity index is 1070. The Morgan fingerprint density at radius 1 is 1.31 bits per heavy atom. The van der Waals surface area contributed by atoms with Gasteiger partial charge in [0.25, 0.3) is 0 Å². The zero-order valence-corrected chi connectivity index (χ0v) is 15.6. The second kappa shape index (κ2) is 5.78. The van der Waals surface area contributed by atoms with Crippen molar-refractivity contribution in [1.82, 2.24) is 4.98 Å². The number of hydrogen-bond donors (Lipinski definition) is 2. The van der Waals surface area contributed by atoms with Crippen molar-refractivity contribution in [1.29, 1.82) is 0 Å². The molecule has 0 saturated heterocycles. The first-order chi connectivity index (χ1) is 12.6. The highest BCUT2D eigenvalue weighted by Crippen LogP contribution is 2.44. The van der Waals surface area contributed by atoms with Crippen LogP contribution in [-0.2, 0) is 24.2 Å². The first-order valence-corrected chi connectivity index (χ1v) is 10.2. The summed E-state index contributed by atoms with van der Waals surface area (Å²) in [4.78, 5) is 23.8. The van der Waals surface area contributed by atoms with Crippen molar-refractivity contribution in [2.75, 3.05) is 4.90 Å². The number of thiazole rings is 1. The molecule has 1 atom stereocenters. The Morgan fingerprint density at radius 2 is 2.19 bits per heavy atom. The van der Waals surface area contributed by atoms with Gasteiger partial charge in [0.2, 0.25) is 11.9 Å². The van der Waals surface area contributed by atoms with E-state index in [9.17, 15) is 4.79 Å². The maximum Gasteiger partial charge on any atom is 0.220 e. The van der Waals surface area contributed by atoms with Gasteiger partial charge < -0.3 is 16.4 Å². The number of nitrogens with two attached hydrogens (primary N) is 2. The molecule has 132 valence electrons. The van der Waals surface area contributed by atoms with Gasteiger partial charge in [-0.2, -0.15) is 0 Å². The molecule has 26 heavy (non-hydrogen) atoms. The number of nitrogens with zero attached hydrogens (tertiary/aromatic N) is 3. The number of anilines is 1. The molecule has 4 N–H and O–H groups in total. The lowest BCUT2D eigenvalue weighted by atomic mass is 9.86. The van der Waals surface area contributed by atoms with Gasteiger partial charge in [-0.15, -0.1) is 22.7 Å². The van der Waals surface area contributed by atoms with Crippen LogP contribution < -0.4 is 16.4 Å². The zero-order chi connectivity index (χ0) is 17.8. The molecule has 8 heteroatoms. The van der Waals surface area contributed by atoms with Crippen molar-refractivity contribution in [2.45, 2.75) is 25.8 Å². The molecule has 0 radical (unpaired) electrons. The molecule has 3 heterocycles. The van der Waals surface area contributed by atoms with E-state index < -0.39 is 0 Å². The number of benzene rings is 1. The van der Waals surface area contributed by atoms with E-state index in [1.165, 1.54) is 16.0 Å². The largest absolute Gasteiger partial charge is 0.369 e. The summed E-state index contributed by atoms with van der Waals surface area (Å²) in [6, 6.07) is 6.17. The molecule has 1 aliphatic carbocycles. The lowest BCUT2D eigenvalue weighted by molar-refractivity contribution is -0.122. The number of primary amides is 1. The number of hydrogen-bond acceptors (Lipinski definition) is 7. The molecule has 0 fully saturated rings. The van der Waals surface area contributed by atoms with E-state index in [0.717, 1.165) is 40.2 Å². The summed E-state index contributed by atoms with van der Waals surface area (Å²) in [5.41, 5.74) is 18.2. The van der Waals surface area contributed by atoms with Crippen LogP contribution in [0.2, 0.25) is 0 Å². The summed E-state index contributed by atoms with van der Waals surface area (Å²) < 4.78 is 1.14. The molecule has 2 aliphatic rings. The molecule has 6 nitrogen and oxygen atoms in total. The Morgan fingerprint density at radius 3 is 3.04 bits per heavy atom. The summed E-state index contributed by atoms with van der Waals surface area (Å²) in [6.45, 7) is 0.710. The molecule has 1 aliphatic heterocycles. The number of aliphatic imine (C=N–C) groups is 1. The number of rotatable bonds is 2. The van der Waals surface area contributed by atoms with E-state index in [4.69, 9.17) is 11.5 Å². The van der Waals surface area contributed by atoms with Gasteiger partial charge in [-0.05, 0) is 43.0 Å². The van der Waals surface area contributed by atoms with Crippen LogP contribution in [0.5, 0.6) is 0 Å². The summed E-state index contributed by atoms with van der Waals surface area (Å²) in [7, 11) is 0. The van der Waals surface area contributed by atoms with Gasteiger partial charge in [-0.3, -0.25) is 4.79 Å². The molecular weight excluding hydrogens is 366 g/mol. The molecule has 2 aromatic heterocycles. The Kier molecular flexibility index (Phi) is 3.51.